The van der Waals surface area contributed by atoms with Gasteiger partial charge in [-0.2, -0.15) is 5.10 Å². The lowest BCUT2D eigenvalue weighted by molar-refractivity contribution is 0.193. The molecule has 0 saturated heterocycles. The number of nitrogens with zero attached hydrogens (tertiary/aromatic N) is 3. The highest BCUT2D eigenvalue weighted by molar-refractivity contribution is 5.64. The first-order valence-electron chi connectivity index (χ1n) is 6.18. The monoisotopic (exact) mass is 276 g/mol. The van der Waals surface area contributed by atoms with Crippen molar-refractivity contribution in [1.82, 2.24) is 20.1 Å². The van der Waals surface area contributed by atoms with Gasteiger partial charge in [-0.05, 0) is 24.6 Å². The van der Waals surface area contributed by atoms with E-state index in [0.717, 1.165) is 11.3 Å². The number of aliphatic hydroxyl groups excluding tert-OH is 1. The van der Waals surface area contributed by atoms with E-state index < -0.39 is 6.09 Å². The highest BCUT2D eigenvalue weighted by Gasteiger charge is 2.11. The van der Waals surface area contributed by atoms with Crippen LogP contribution in [0.2, 0.25) is 0 Å². The van der Waals surface area contributed by atoms with E-state index >= 15 is 0 Å². The van der Waals surface area contributed by atoms with Crippen LogP contribution < -0.4 is 5.32 Å². The molecule has 7 nitrogen and oxygen atoms in total. The number of carboxylic acid groups (broad SMARTS) is 1. The highest BCUT2D eigenvalue weighted by atomic mass is 16.4. The molecule has 7 heteroatoms. The predicted molar refractivity (Wildman–Crippen MR) is 72.1 cm³/mol. The summed E-state index contributed by atoms with van der Waals surface area (Å²) < 4.78 is 1.58. The van der Waals surface area contributed by atoms with Crippen LogP contribution in [0.3, 0.4) is 0 Å². The maximum absolute atomic E-state index is 10.4. The summed E-state index contributed by atoms with van der Waals surface area (Å²) in [6.45, 7) is 2.36. The second kappa shape index (κ2) is 6.16. The molecule has 3 N–H and O–H groups in total. The average Bonchev–Trinajstić information content (AvgIpc) is 2.82. The first kappa shape index (κ1) is 14.0. The van der Waals surface area contributed by atoms with Crippen molar-refractivity contribution in [2.75, 3.05) is 6.54 Å². The minimum atomic E-state index is -1.08. The maximum Gasteiger partial charge on any atom is 0.404 e. The standard InChI is InChI=1S/C13H16N4O3/c1-9-3-2-4-14-12(9)11-7-10(8-18)17(16-11)6-5-15-13(19)20/h2-4,7,15,18H,5-6,8H2,1H3,(H,19,20). The Balaban J connectivity index is 2.22. The Hall–Kier alpha value is -2.41. The van der Waals surface area contributed by atoms with E-state index in [4.69, 9.17) is 5.11 Å². The fraction of sp³-hybridized carbons (Fsp3) is 0.308. The number of amides is 1. The van der Waals surface area contributed by atoms with Crippen LogP contribution in [-0.2, 0) is 13.2 Å². The second-order valence-electron chi connectivity index (χ2n) is 4.30. The van der Waals surface area contributed by atoms with Gasteiger partial charge in [-0.25, -0.2) is 4.79 Å². The minimum Gasteiger partial charge on any atom is -0.465 e. The molecule has 0 aliphatic rings. The number of aromatic nitrogens is 3. The molecular weight excluding hydrogens is 260 g/mol. The molecule has 0 bridgehead atoms. The van der Waals surface area contributed by atoms with Crippen molar-refractivity contribution in [3.8, 4) is 11.4 Å². The summed E-state index contributed by atoms with van der Waals surface area (Å²) in [5.74, 6) is 0. The summed E-state index contributed by atoms with van der Waals surface area (Å²) in [4.78, 5) is 14.7. The van der Waals surface area contributed by atoms with Crippen LogP contribution in [0.5, 0.6) is 0 Å². The highest BCUT2D eigenvalue weighted by Crippen LogP contribution is 2.20. The van der Waals surface area contributed by atoms with Crippen LogP contribution in [0, 0.1) is 6.92 Å². The molecule has 0 fully saturated rings. The van der Waals surface area contributed by atoms with Crippen molar-refractivity contribution < 1.29 is 15.0 Å². The van der Waals surface area contributed by atoms with Crippen molar-refractivity contribution in [3.63, 3.8) is 0 Å². The van der Waals surface area contributed by atoms with Gasteiger partial charge in [-0.15, -0.1) is 0 Å². The van der Waals surface area contributed by atoms with Gasteiger partial charge in [-0.3, -0.25) is 9.67 Å². The van der Waals surface area contributed by atoms with Gasteiger partial charge in [0.05, 0.1) is 24.5 Å². The largest absolute Gasteiger partial charge is 0.465 e. The zero-order valence-corrected chi connectivity index (χ0v) is 11.1. The third kappa shape index (κ3) is 3.12. The Morgan fingerprint density at radius 2 is 2.30 bits per heavy atom. The van der Waals surface area contributed by atoms with Crippen molar-refractivity contribution in [2.24, 2.45) is 0 Å². The molecule has 0 aromatic carbocycles. The van der Waals surface area contributed by atoms with Crippen LogP contribution in [0.15, 0.2) is 24.4 Å². The van der Waals surface area contributed by atoms with E-state index in [1.54, 1.807) is 16.9 Å². The fourth-order valence-corrected chi connectivity index (χ4v) is 1.91. The molecule has 0 atom stereocenters. The van der Waals surface area contributed by atoms with Gasteiger partial charge in [0.25, 0.3) is 0 Å². The molecule has 1 amide bonds. The summed E-state index contributed by atoms with van der Waals surface area (Å²) in [7, 11) is 0. The van der Waals surface area contributed by atoms with Gasteiger partial charge in [0, 0.05) is 12.7 Å². The lowest BCUT2D eigenvalue weighted by atomic mass is 10.1. The summed E-state index contributed by atoms with van der Waals surface area (Å²) in [6, 6.07) is 5.54. The van der Waals surface area contributed by atoms with Gasteiger partial charge < -0.3 is 15.5 Å². The number of hydrogen-bond donors (Lipinski definition) is 3. The number of nitrogens with one attached hydrogen (secondary N) is 1. The summed E-state index contributed by atoms with van der Waals surface area (Å²) in [5, 5.41) is 24.5. The van der Waals surface area contributed by atoms with Crippen molar-refractivity contribution in [2.45, 2.75) is 20.1 Å². The molecule has 0 unspecified atom stereocenters. The van der Waals surface area contributed by atoms with E-state index in [2.05, 4.69) is 15.4 Å². The molecular formula is C13H16N4O3. The van der Waals surface area contributed by atoms with Crippen LogP contribution in [0.4, 0.5) is 4.79 Å². The van der Waals surface area contributed by atoms with Crippen LogP contribution in [0.25, 0.3) is 11.4 Å². The number of aryl methyl sites for hydroxylation is 1. The first-order chi connectivity index (χ1) is 9.61. The van der Waals surface area contributed by atoms with Gasteiger partial charge in [-0.1, -0.05) is 6.07 Å². The number of rotatable bonds is 5. The molecule has 2 aromatic rings. The molecule has 0 saturated carbocycles. The molecule has 2 aromatic heterocycles. The number of pyridine rings is 1. The first-order valence-corrected chi connectivity index (χ1v) is 6.18. The van der Waals surface area contributed by atoms with E-state index in [1.165, 1.54) is 0 Å². The molecule has 0 spiro atoms. The Morgan fingerprint density at radius 1 is 1.50 bits per heavy atom. The average molecular weight is 276 g/mol. The fourth-order valence-electron chi connectivity index (χ4n) is 1.91. The lowest BCUT2D eigenvalue weighted by Crippen LogP contribution is -2.26. The Labute approximate surface area is 115 Å². The minimum absolute atomic E-state index is 0.161. The number of carbonyl (C=O) groups is 1. The van der Waals surface area contributed by atoms with Gasteiger partial charge in [0.2, 0.25) is 0 Å². The van der Waals surface area contributed by atoms with E-state index in [1.807, 2.05) is 19.1 Å². The SMILES string of the molecule is Cc1cccnc1-c1cc(CO)n(CCNC(=O)O)n1. The Kier molecular flexibility index (Phi) is 4.31. The van der Waals surface area contributed by atoms with E-state index in [-0.39, 0.29) is 13.2 Å². The summed E-state index contributed by atoms with van der Waals surface area (Å²) in [5.41, 5.74) is 3.04. The van der Waals surface area contributed by atoms with Gasteiger partial charge >= 0.3 is 6.09 Å². The van der Waals surface area contributed by atoms with Crippen LogP contribution in [0.1, 0.15) is 11.3 Å². The van der Waals surface area contributed by atoms with E-state index in [9.17, 15) is 9.90 Å². The topological polar surface area (TPSA) is 100 Å². The predicted octanol–water partition coefficient (Wildman–Crippen LogP) is 1.01. The number of hydrogen-bond acceptors (Lipinski definition) is 4. The molecule has 0 aliphatic heterocycles. The summed E-state index contributed by atoms with van der Waals surface area (Å²) >= 11 is 0. The van der Waals surface area contributed by atoms with Crippen molar-refractivity contribution in [3.05, 3.63) is 35.7 Å². The van der Waals surface area contributed by atoms with Gasteiger partial charge in [0.15, 0.2) is 0 Å². The quantitative estimate of drug-likeness (QED) is 0.756. The normalized spacial score (nSPS) is 10.5. The second-order valence-corrected chi connectivity index (χ2v) is 4.30. The van der Waals surface area contributed by atoms with E-state index in [0.29, 0.717) is 17.9 Å². The smallest absolute Gasteiger partial charge is 0.404 e. The molecule has 106 valence electrons. The van der Waals surface area contributed by atoms with Gasteiger partial charge in [0.1, 0.15) is 5.69 Å². The van der Waals surface area contributed by atoms with Crippen LogP contribution >= 0.6 is 0 Å². The molecule has 0 radical (unpaired) electrons. The lowest BCUT2D eigenvalue weighted by Gasteiger charge is -2.05. The zero-order valence-electron chi connectivity index (χ0n) is 11.1. The molecule has 20 heavy (non-hydrogen) atoms. The third-order valence-corrected chi connectivity index (χ3v) is 2.88. The van der Waals surface area contributed by atoms with Crippen molar-refractivity contribution >= 4 is 6.09 Å². The molecule has 2 heterocycles. The number of aliphatic hydroxyl groups is 1. The maximum atomic E-state index is 10.4. The Morgan fingerprint density at radius 3 is 2.95 bits per heavy atom. The van der Waals surface area contributed by atoms with Crippen molar-refractivity contribution in [1.29, 1.82) is 0 Å². The summed E-state index contributed by atoms with van der Waals surface area (Å²) in [6.07, 6.45) is 0.606. The molecule has 2 rings (SSSR count). The zero-order chi connectivity index (χ0) is 14.5. The van der Waals surface area contributed by atoms with Crippen LogP contribution in [-0.4, -0.2) is 37.6 Å². The Bertz CT molecular complexity index is 609. The third-order valence-electron chi connectivity index (χ3n) is 2.88. The molecule has 0 aliphatic carbocycles.